The van der Waals surface area contributed by atoms with Gasteiger partial charge >= 0.3 is 0 Å². The summed E-state index contributed by atoms with van der Waals surface area (Å²) in [5, 5.41) is 0. The Morgan fingerprint density at radius 1 is 1.46 bits per heavy atom. The van der Waals surface area contributed by atoms with Crippen molar-refractivity contribution in [2.45, 2.75) is 26.7 Å². The van der Waals surface area contributed by atoms with E-state index in [1.807, 2.05) is 13.8 Å². The SMILES string of the molecule is CCC(=CC(=O)c1ccco1)CC. The van der Waals surface area contributed by atoms with Gasteiger partial charge in [-0.3, -0.25) is 4.79 Å². The van der Waals surface area contributed by atoms with Gasteiger partial charge < -0.3 is 4.42 Å². The van der Waals surface area contributed by atoms with Crippen molar-refractivity contribution >= 4 is 5.78 Å². The summed E-state index contributed by atoms with van der Waals surface area (Å²) in [6.45, 7) is 4.09. The summed E-state index contributed by atoms with van der Waals surface area (Å²) in [4.78, 5) is 11.5. The number of allylic oxidation sites excluding steroid dienone is 2. The van der Waals surface area contributed by atoms with Crippen molar-refractivity contribution in [3.63, 3.8) is 0 Å². The van der Waals surface area contributed by atoms with E-state index in [1.54, 1.807) is 18.2 Å². The fourth-order valence-electron chi connectivity index (χ4n) is 1.13. The predicted molar refractivity (Wildman–Crippen MR) is 51.7 cm³/mol. The van der Waals surface area contributed by atoms with E-state index in [2.05, 4.69) is 0 Å². The lowest BCUT2D eigenvalue weighted by Crippen LogP contribution is -1.93. The molecule has 1 aromatic heterocycles. The molecule has 0 unspecified atom stereocenters. The molecule has 0 radical (unpaired) electrons. The topological polar surface area (TPSA) is 30.2 Å². The molecule has 1 rings (SSSR count). The molecule has 0 aliphatic rings. The van der Waals surface area contributed by atoms with Gasteiger partial charge in [0.25, 0.3) is 0 Å². The summed E-state index contributed by atoms with van der Waals surface area (Å²) in [5.41, 5.74) is 1.15. The second-order valence-corrected chi connectivity index (χ2v) is 2.85. The van der Waals surface area contributed by atoms with Crippen LogP contribution in [-0.4, -0.2) is 5.78 Å². The summed E-state index contributed by atoms with van der Waals surface area (Å²) in [5.74, 6) is 0.378. The van der Waals surface area contributed by atoms with Crippen molar-refractivity contribution in [1.82, 2.24) is 0 Å². The molecule has 2 nitrogen and oxygen atoms in total. The molecule has 0 saturated carbocycles. The summed E-state index contributed by atoms with van der Waals surface area (Å²) >= 11 is 0. The highest BCUT2D eigenvalue weighted by atomic mass is 16.3. The Bertz CT molecular complexity index is 288. The highest BCUT2D eigenvalue weighted by molar-refractivity contribution is 6.02. The maximum atomic E-state index is 11.5. The second kappa shape index (κ2) is 4.65. The van der Waals surface area contributed by atoms with Gasteiger partial charge in [0.2, 0.25) is 5.78 Å². The zero-order valence-corrected chi connectivity index (χ0v) is 8.04. The predicted octanol–water partition coefficient (Wildman–Crippen LogP) is 3.21. The first-order chi connectivity index (χ1) is 6.27. The summed E-state index contributed by atoms with van der Waals surface area (Å²) < 4.78 is 4.99. The third-order valence-corrected chi connectivity index (χ3v) is 2.01. The Hall–Kier alpha value is -1.31. The minimum Gasteiger partial charge on any atom is -0.461 e. The molecular formula is C11H14O2. The van der Waals surface area contributed by atoms with Crippen molar-refractivity contribution in [2.24, 2.45) is 0 Å². The summed E-state index contributed by atoms with van der Waals surface area (Å²) in [6.07, 6.45) is 5.02. The first kappa shape index (κ1) is 9.78. The van der Waals surface area contributed by atoms with Gasteiger partial charge in [0.05, 0.1) is 6.26 Å². The Balaban J connectivity index is 2.75. The van der Waals surface area contributed by atoms with Crippen LogP contribution in [0.3, 0.4) is 0 Å². The highest BCUT2D eigenvalue weighted by Gasteiger charge is 2.05. The van der Waals surface area contributed by atoms with Gasteiger partial charge in [0, 0.05) is 0 Å². The van der Waals surface area contributed by atoms with E-state index in [1.165, 1.54) is 6.26 Å². The van der Waals surface area contributed by atoms with Crippen molar-refractivity contribution in [3.05, 3.63) is 35.8 Å². The van der Waals surface area contributed by atoms with E-state index >= 15 is 0 Å². The van der Waals surface area contributed by atoms with Crippen LogP contribution in [-0.2, 0) is 0 Å². The minimum atomic E-state index is -0.0382. The number of rotatable bonds is 4. The van der Waals surface area contributed by atoms with Crippen LogP contribution in [0.15, 0.2) is 34.5 Å². The third-order valence-electron chi connectivity index (χ3n) is 2.01. The minimum absolute atomic E-state index is 0.0382. The van der Waals surface area contributed by atoms with Gasteiger partial charge in [-0.05, 0) is 31.1 Å². The first-order valence-electron chi connectivity index (χ1n) is 4.55. The van der Waals surface area contributed by atoms with E-state index in [0.717, 1.165) is 18.4 Å². The molecule has 0 amide bonds. The normalized spacial score (nSPS) is 9.69. The molecule has 13 heavy (non-hydrogen) atoms. The lowest BCUT2D eigenvalue weighted by Gasteiger charge is -1.97. The van der Waals surface area contributed by atoms with E-state index in [4.69, 9.17) is 4.42 Å². The van der Waals surface area contributed by atoms with Gasteiger partial charge in [-0.15, -0.1) is 0 Å². The molecule has 0 aliphatic carbocycles. The van der Waals surface area contributed by atoms with Crippen LogP contribution in [0.1, 0.15) is 37.2 Å². The fraction of sp³-hybridized carbons (Fsp3) is 0.364. The number of hydrogen-bond acceptors (Lipinski definition) is 2. The molecule has 0 saturated heterocycles. The van der Waals surface area contributed by atoms with Gasteiger partial charge in [0.15, 0.2) is 5.76 Å². The van der Waals surface area contributed by atoms with E-state index in [-0.39, 0.29) is 5.78 Å². The molecule has 0 aliphatic heterocycles. The van der Waals surface area contributed by atoms with Crippen molar-refractivity contribution in [1.29, 1.82) is 0 Å². The average Bonchev–Trinajstić information content (AvgIpc) is 2.66. The van der Waals surface area contributed by atoms with Crippen LogP contribution in [0, 0.1) is 0 Å². The van der Waals surface area contributed by atoms with Gasteiger partial charge in [-0.2, -0.15) is 0 Å². The van der Waals surface area contributed by atoms with Crippen molar-refractivity contribution < 1.29 is 9.21 Å². The highest BCUT2D eigenvalue weighted by Crippen LogP contribution is 2.09. The Kier molecular flexibility index (Phi) is 3.50. The molecule has 1 heterocycles. The molecule has 1 aromatic rings. The Morgan fingerprint density at radius 3 is 2.62 bits per heavy atom. The third kappa shape index (κ3) is 2.58. The molecule has 0 bridgehead atoms. The second-order valence-electron chi connectivity index (χ2n) is 2.85. The van der Waals surface area contributed by atoms with Crippen LogP contribution in [0.2, 0.25) is 0 Å². The lowest BCUT2D eigenvalue weighted by molar-refractivity contribution is 0.102. The standard InChI is InChI=1S/C11H14O2/c1-3-9(4-2)8-10(12)11-6-5-7-13-11/h5-8H,3-4H2,1-2H3. The van der Waals surface area contributed by atoms with Gasteiger partial charge in [-0.25, -0.2) is 0 Å². The van der Waals surface area contributed by atoms with E-state index in [9.17, 15) is 4.79 Å². The number of carbonyl (C=O) groups excluding carboxylic acids is 1. The molecular weight excluding hydrogens is 164 g/mol. The first-order valence-corrected chi connectivity index (χ1v) is 4.55. The maximum Gasteiger partial charge on any atom is 0.220 e. The monoisotopic (exact) mass is 178 g/mol. The molecule has 0 atom stereocenters. The molecule has 2 heteroatoms. The van der Waals surface area contributed by atoms with Crippen LogP contribution in [0.5, 0.6) is 0 Å². The fourth-order valence-corrected chi connectivity index (χ4v) is 1.13. The molecule has 0 spiro atoms. The molecule has 0 aromatic carbocycles. The summed E-state index contributed by atoms with van der Waals surface area (Å²) in [7, 11) is 0. The van der Waals surface area contributed by atoms with Crippen LogP contribution in [0.4, 0.5) is 0 Å². The molecule has 0 fully saturated rings. The summed E-state index contributed by atoms with van der Waals surface area (Å²) in [6, 6.07) is 3.40. The van der Waals surface area contributed by atoms with E-state index < -0.39 is 0 Å². The number of furan rings is 1. The quantitative estimate of drug-likeness (QED) is 0.523. The van der Waals surface area contributed by atoms with Crippen molar-refractivity contribution in [3.8, 4) is 0 Å². The van der Waals surface area contributed by atoms with Crippen LogP contribution < -0.4 is 0 Å². The van der Waals surface area contributed by atoms with Gasteiger partial charge in [-0.1, -0.05) is 19.4 Å². The average molecular weight is 178 g/mol. The van der Waals surface area contributed by atoms with Gasteiger partial charge in [0.1, 0.15) is 0 Å². The zero-order valence-electron chi connectivity index (χ0n) is 8.04. The Morgan fingerprint density at radius 2 is 2.15 bits per heavy atom. The lowest BCUT2D eigenvalue weighted by atomic mass is 10.1. The number of hydrogen-bond donors (Lipinski definition) is 0. The molecule has 70 valence electrons. The molecule has 0 N–H and O–H groups in total. The van der Waals surface area contributed by atoms with E-state index in [0.29, 0.717) is 5.76 Å². The largest absolute Gasteiger partial charge is 0.461 e. The maximum absolute atomic E-state index is 11.5. The number of carbonyl (C=O) groups is 1. The van der Waals surface area contributed by atoms with Crippen LogP contribution >= 0.6 is 0 Å². The number of ketones is 1. The Labute approximate surface area is 78.3 Å². The van der Waals surface area contributed by atoms with Crippen LogP contribution in [0.25, 0.3) is 0 Å². The zero-order chi connectivity index (χ0) is 9.68. The van der Waals surface area contributed by atoms with Crippen molar-refractivity contribution in [2.75, 3.05) is 0 Å². The smallest absolute Gasteiger partial charge is 0.220 e.